The highest BCUT2D eigenvalue weighted by atomic mass is 16.5. The van der Waals surface area contributed by atoms with Gasteiger partial charge in [0.1, 0.15) is 0 Å². The lowest BCUT2D eigenvalue weighted by Gasteiger charge is -2.23. The molecular formula is C12H18N2O. The number of hydrogen-bond donors (Lipinski definition) is 2. The second-order valence-electron chi connectivity index (χ2n) is 4.11. The Morgan fingerprint density at radius 1 is 1.33 bits per heavy atom. The largest absolute Gasteiger partial charge is 0.317 e. The maximum atomic E-state index is 8.73. The van der Waals surface area contributed by atoms with Crippen LogP contribution >= 0.6 is 0 Å². The van der Waals surface area contributed by atoms with Gasteiger partial charge in [0.25, 0.3) is 0 Å². The van der Waals surface area contributed by atoms with E-state index in [1.54, 1.807) is 0 Å². The number of likely N-dealkylation sites (tertiary alicyclic amines) is 1. The van der Waals surface area contributed by atoms with Crippen LogP contribution in [0.4, 0.5) is 0 Å². The SMILES string of the molecule is ONCC1CCCN1Cc1ccccc1. The molecule has 3 heteroatoms. The second kappa shape index (κ2) is 5.26. The first-order valence-corrected chi connectivity index (χ1v) is 5.55. The Bertz CT molecular complexity index is 289. The zero-order valence-electron chi connectivity index (χ0n) is 8.89. The van der Waals surface area contributed by atoms with E-state index >= 15 is 0 Å². The van der Waals surface area contributed by atoms with E-state index in [-0.39, 0.29) is 0 Å². The average Bonchev–Trinajstić information content (AvgIpc) is 2.68. The summed E-state index contributed by atoms with van der Waals surface area (Å²) in [7, 11) is 0. The summed E-state index contributed by atoms with van der Waals surface area (Å²) in [5, 5.41) is 8.73. The van der Waals surface area contributed by atoms with Crippen molar-refractivity contribution < 1.29 is 5.21 Å². The lowest BCUT2D eigenvalue weighted by molar-refractivity contribution is 0.126. The first kappa shape index (κ1) is 10.6. The summed E-state index contributed by atoms with van der Waals surface area (Å²) in [6.45, 7) is 2.81. The third-order valence-electron chi connectivity index (χ3n) is 3.05. The highest BCUT2D eigenvalue weighted by Gasteiger charge is 2.23. The molecule has 0 radical (unpaired) electrons. The van der Waals surface area contributed by atoms with Gasteiger partial charge in [-0.3, -0.25) is 4.90 Å². The van der Waals surface area contributed by atoms with Gasteiger partial charge in [0, 0.05) is 19.1 Å². The van der Waals surface area contributed by atoms with Crippen LogP contribution in [0.25, 0.3) is 0 Å². The molecule has 1 aliphatic heterocycles. The molecule has 1 heterocycles. The fraction of sp³-hybridized carbons (Fsp3) is 0.500. The van der Waals surface area contributed by atoms with Gasteiger partial charge in [0.2, 0.25) is 0 Å². The van der Waals surface area contributed by atoms with Gasteiger partial charge in [-0.05, 0) is 24.9 Å². The van der Waals surface area contributed by atoms with Crippen molar-refractivity contribution in [3.63, 3.8) is 0 Å². The van der Waals surface area contributed by atoms with Gasteiger partial charge in [0.05, 0.1) is 0 Å². The summed E-state index contributed by atoms with van der Waals surface area (Å²) >= 11 is 0. The van der Waals surface area contributed by atoms with E-state index in [4.69, 9.17) is 5.21 Å². The summed E-state index contributed by atoms with van der Waals surface area (Å²) in [4.78, 5) is 2.43. The van der Waals surface area contributed by atoms with Crippen LogP contribution in [-0.2, 0) is 6.54 Å². The van der Waals surface area contributed by atoms with E-state index in [1.165, 1.54) is 18.4 Å². The molecule has 1 aromatic carbocycles. The van der Waals surface area contributed by atoms with E-state index in [0.717, 1.165) is 13.1 Å². The quantitative estimate of drug-likeness (QED) is 0.735. The van der Waals surface area contributed by atoms with Gasteiger partial charge in [-0.15, -0.1) is 0 Å². The van der Waals surface area contributed by atoms with Crippen LogP contribution in [0.2, 0.25) is 0 Å². The zero-order valence-corrected chi connectivity index (χ0v) is 8.89. The summed E-state index contributed by atoms with van der Waals surface area (Å²) in [6, 6.07) is 11.0. The molecule has 0 saturated carbocycles. The Kier molecular flexibility index (Phi) is 3.72. The first-order chi connectivity index (χ1) is 7.40. The fourth-order valence-electron chi connectivity index (χ4n) is 2.26. The summed E-state index contributed by atoms with van der Waals surface area (Å²) < 4.78 is 0. The minimum Gasteiger partial charge on any atom is -0.317 e. The molecule has 1 unspecified atom stereocenters. The van der Waals surface area contributed by atoms with Crippen LogP contribution < -0.4 is 5.48 Å². The van der Waals surface area contributed by atoms with Crippen molar-refractivity contribution in [3.8, 4) is 0 Å². The molecule has 0 amide bonds. The smallest absolute Gasteiger partial charge is 0.0363 e. The van der Waals surface area contributed by atoms with Crippen molar-refractivity contribution >= 4 is 0 Å². The fourth-order valence-corrected chi connectivity index (χ4v) is 2.26. The Balaban J connectivity index is 1.93. The van der Waals surface area contributed by atoms with Crippen molar-refractivity contribution in [3.05, 3.63) is 35.9 Å². The van der Waals surface area contributed by atoms with E-state index in [2.05, 4.69) is 34.6 Å². The van der Waals surface area contributed by atoms with Crippen LogP contribution in [0.1, 0.15) is 18.4 Å². The van der Waals surface area contributed by atoms with Gasteiger partial charge < -0.3 is 5.21 Å². The molecule has 1 fully saturated rings. The van der Waals surface area contributed by atoms with Crippen LogP contribution in [0.5, 0.6) is 0 Å². The predicted molar refractivity (Wildman–Crippen MR) is 59.7 cm³/mol. The topological polar surface area (TPSA) is 35.5 Å². The Morgan fingerprint density at radius 2 is 2.13 bits per heavy atom. The van der Waals surface area contributed by atoms with E-state index < -0.39 is 0 Å². The third kappa shape index (κ3) is 2.78. The summed E-state index contributed by atoms with van der Waals surface area (Å²) in [6.07, 6.45) is 2.42. The van der Waals surface area contributed by atoms with Gasteiger partial charge in [0.15, 0.2) is 0 Å². The molecule has 1 atom stereocenters. The molecule has 0 bridgehead atoms. The van der Waals surface area contributed by atoms with Crippen molar-refractivity contribution in [1.29, 1.82) is 0 Å². The van der Waals surface area contributed by atoms with Crippen LogP contribution in [0, 0.1) is 0 Å². The predicted octanol–water partition coefficient (Wildman–Crippen LogP) is 1.63. The van der Waals surface area contributed by atoms with Gasteiger partial charge in [-0.2, -0.15) is 0 Å². The normalized spacial score (nSPS) is 22.1. The molecule has 82 valence electrons. The number of hydroxylamine groups is 1. The number of benzene rings is 1. The Morgan fingerprint density at radius 3 is 2.87 bits per heavy atom. The average molecular weight is 206 g/mol. The van der Waals surface area contributed by atoms with Gasteiger partial charge >= 0.3 is 0 Å². The van der Waals surface area contributed by atoms with Crippen molar-refractivity contribution in [2.45, 2.75) is 25.4 Å². The maximum absolute atomic E-state index is 8.73. The molecule has 0 aromatic heterocycles. The lowest BCUT2D eigenvalue weighted by atomic mass is 10.2. The minimum atomic E-state index is 0.482. The number of rotatable bonds is 4. The Labute approximate surface area is 90.7 Å². The summed E-state index contributed by atoms with van der Waals surface area (Å²) in [5.41, 5.74) is 3.63. The Hall–Kier alpha value is -0.900. The highest BCUT2D eigenvalue weighted by molar-refractivity contribution is 5.14. The minimum absolute atomic E-state index is 0.482. The zero-order chi connectivity index (χ0) is 10.5. The molecule has 1 aliphatic rings. The third-order valence-corrected chi connectivity index (χ3v) is 3.05. The summed E-state index contributed by atoms with van der Waals surface area (Å²) in [5.74, 6) is 0. The monoisotopic (exact) mass is 206 g/mol. The molecule has 0 spiro atoms. The van der Waals surface area contributed by atoms with Crippen molar-refractivity contribution in [1.82, 2.24) is 10.4 Å². The van der Waals surface area contributed by atoms with E-state index in [1.807, 2.05) is 6.07 Å². The molecule has 2 rings (SSSR count). The maximum Gasteiger partial charge on any atom is 0.0363 e. The standard InChI is InChI=1S/C12H18N2O/c15-13-9-12-7-4-8-14(12)10-11-5-2-1-3-6-11/h1-3,5-6,12-13,15H,4,7-10H2. The molecule has 1 aromatic rings. The molecule has 2 N–H and O–H groups in total. The van der Waals surface area contributed by atoms with Gasteiger partial charge in [-0.1, -0.05) is 30.3 Å². The molecular weight excluding hydrogens is 188 g/mol. The van der Waals surface area contributed by atoms with E-state index in [0.29, 0.717) is 12.6 Å². The molecule has 3 nitrogen and oxygen atoms in total. The first-order valence-electron chi connectivity index (χ1n) is 5.55. The highest BCUT2D eigenvalue weighted by Crippen LogP contribution is 2.19. The molecule has 1 saturated heterocycles. The van der Waals surface area contributed by atoms with Gasteiger partial charge in [-0.25, -0.2) is 5.48 Å². The van der Waals surface area contributed by atoms with Crippen LogP contribution in [0.3, 0.4) is 0 Å². The van der Waals surface area contributed by atoms with E-state index in [9.17, 15) is 0 Å². The second-order valence-corrected chi connectivity index (χ2v) is 4.11. The lowest BCUT2D eigenvalue weighted by Crippen LogP contribution is -2.36. The van der Waals surface area contributed by atoms with Crippen LogP contribution in [0.15, 0.2) is 30.3 Å². The molecule has 15 heavy (non-hydrogen) atoms. The van der Waals surface area contributed by atoms with Crippen molar-refractivity contribution in [2.24, 2.45) is 0 Å². The van der Waals surface area contributed by atoms with Crippen LogP contribution in [-0.4, -0.2) is 29.2 Å². The molecule has 0 aliphatic carbocycles. The number of hydrogen-bond acceptors (Lipinski definition) is 3. The number of nitrogens with zero attached hydrogens (tertiary/aromatic N) is 1. The van der Waals surface area contributed by atoms with Crippen molar-refractivity contribution in [2.75, 3.05) is 13.1 Å². The number of nitrogens with one attached hydrogen (secondary N) is 1.